The molecule has 5 nitrogen and oxygen atoms in total. The molecule has 22 heavy (non-hydrogen) atoms. The predicted molar refractivity (Wildman–Crippen MR) is 88.0 cm³/mol. The van der Waals surface area contributed by atoms with Crippen molar-refractivity contribution >= 4 is 39.1 Å². The van der Waals surface area contributed by atoms with Gasteiger partial charge in [-0.05, 0) is 23.8 Å². The fourth-order valence-electron chi connectivity index (χ4n) is 2.00. The van der Waals surface area contributed by atoms with Crippen molar-refractivity contribution in [3.05, 3.63) is 73.2 Å². The maximum absolute atomic E-state index is 12.5. The van der Waals surface area contributed by atoms with Crippen molar-refractivity contribution in [1.29, 1.82) is 0 Å². The molecule has 7 heteroatoms. The second-order valence-electron chi connectivity index (χ2n) is 4.67. The third kappa shape index (κ3) is 3.64. The maximum atomic E-state index is 12.5. The first-order valence-electron chi connectivity index (χ1n) is 6.33. The summed E-state index contributed by atoms with van der Waals surface area (Å²) in [4.78, 5) is 24.4. The molecule has 0 aromatic heterocycles. The van der Waals surface area contributed by atoms with Crippen molar-refractivity contribution in [2.24, 2.45) is 0 Å². The van der Waals surface area contributed by atoms with Crippen LogP contribution in [0.5, 0.6) is 0 Å². The summed E-state index contributed by atoms with van der Waals surface area (Å²) in [5, 5.41) is 11.3. The van der Waals surface area contributed by atoms with Crippen LogP contribution in [0.1, 0.15) is 15.9 Å². The number of rotatable bonds is 4. The number of benzene rings is 2. The first-order chi connectivity index (χ1) is 10.4. The second-order valence-corrected chi connectivity index (χ2v) is 5.96. The molecule has 0 aliphatic heterocycles. The van der Waals surface area contributed by atoms with E-state index in [2.05, 4.69) is 15.9 Å². The number of carbonyl (C=O) groups excluding carboxylic acids is 1. The normalized spacial score (nSPS) is 10.3. The largest absolute Gasteiger partial charge is 0.337 e. The van der Waals surface area contributed by atoms with Gasteiger partial charge in [-0.1, -0.05) is 45.7 Å². The molecule has 0 aliphatic carbocycles. The molecular formula is C15H12BrClN2O3. The van der Waals surface area contributed by atoms with Crippen molar-refractivity contribution in [3.63, 3.8) is 0 Å². The Labute approximate surface area is 140 Å². The van der Waals surface area contributed by atoms with Crippen molar-refractivity contribution in [2.75, 3.05) is 7.05 Å². The van der Waals surface area contributed by atoms with Crippen LogP contribution in [0.25, 0.3) is 0 Å². The molecule has 0 saturated heterocycles. The highest BCUT2D eigenvalue weighted by Crippen LogP contribution is 2.25. The number of nitro benzene ring substituents is 1. The van der Waals surface area contributed by atoms with E-state index in [-0.39, 0.29) is 16.3 Å². The topological polar surface area (TPSA) is 63.5 Å². The molecule has 0 bridgehead atoms. The molecule has 2 aromatic carbocycles. The fourth-order valence-corrected chi connectivity index (χ4v) is 2.57. The Bertz CT molecular complexity index is 736. The van der Waals surface area contributed by atoms with Gasteiger partial charge in [0.1, 0.15) is 5.56 Å². The number of hydrogen-bond acceptors (Lipinski definition) is 3. The number of amides is 1. The van der Waals surface area contributed by atoms with Crippen LogP contribution in [0, 0.1) is 10.1 Å². The summed E-state index contributed by atoms with van der Waals surface area (Å²) in [7, 11) is 1.60. The highest BCUT2D eigenvalue weighted by Gasteiger charge is 2.23. The van der Waals surface area contributed by atoms with Gasteiger partial charge in [-0.2, -0.15) is 0 Å². The van der Waals surface area contributed by atoms with Gasteiger partial charge in [0.05, 0.1) is 4.92 Å². The molecule has 2 aromatic rings. The Morgan fingerprint density at radius 2 is 2.00 bits per heavy atom. The summed E-state index contributed by atoms with van der Waals surface area (Å²) in [5.74, 6) is -0.431. The van der Waals surface area contributed by atoms with Gasteiger partial charge in [0.15, 0.2) is 0 Å². The van der Waals surface area contributed by atoms with Crippen LogP contribution in [0.15, 0.2) is 46.9 Å². The van der Waals surface area contributed by atoms with E-state index in [1.54, 1.807) is 7.05 Å². The average molecular weight is 384 g/mol. The SMILES string of the molecule is CN(Cc1ccccc1Br)C(=O)c1ccc(Cl)cc1[N+](=O)[O-]. The lowest BCUT2D eigenvalue weighted by atomic mass is 10.1. The van der Waals surface area contributed by atoms with Crippen LogP contribution in [0.4, 0.5) is 5.69 Å². The van der Waals surface area contributed by atoms with Gasteiger partial charge in [-0.3, -0.25) is 14.9 Å². The van der Waals surface area contributed by atoms with Crippen molar-refractivity contribution in [2.45, 2.75) is 6.54 Å². The molecular weight excluding hydrogens is 372 g/mol. The molecule has 1 amide bonds. The number of nitro groups is 1. The summed E-state index contributed by atoms with van der Waals surface area (Å²) >= 11 is 9.17. The first kappa shape index (κ1) is 16.5. The van der Waals surface area contributed by atoms with E-state index in [0.29, 0.717) is 6.54 Å². The Morgan fingerprint density at radius 1 is 1.32 bits per heavy atom. The summed E-state index contributed by atoms with van der Waals surface area (Å²) < 4.78 is 0.875. The number of nitrogens with zero attached hydrogens (tertiary/aromatic N) is 2. The smallest absolute Gasteiger partial charge is 0.283 e. The Balaban J connectivity index is 2.28. The maximum Gasteiger partial charge on any atom is 0.283 e. The van der Waals surface area contributed by atoms with E-state index in [9.17, 15) is 14.9 Å². The van der Waals surface area contributed by atoms with Crippen LogP contribution in [0.3, 0.4) is 0 Å². The lowest BCUT2D eigenvalue weighted by Crippen LogP contribution is -2.27. The molecule has 0 unspecified atom stereocenters. The lowest BCUT2D eigenvalue weighted by molar-refractivity contribution is -0.385. The molecule has 0 heterocycles. The molecule has 0 spiro atoms. The second kappa shape index (κ2) is 6.89. The van der Waals surface area contributed by atoms with Gasteiger partial charge in [0.25, 0.3) is 11.6 Å². The molecule has 0 fully saturated rings. The lowest BCUT2D eigenvalue weighted by Gasteiger charge is -2.18. The Hall–Kier alpha value is -1.92. The van der Waals surface area contributed by atoms with Crippen LogP contribution >= 0.6 is 27.5 Å². The minimum atomic E-state index is -0.606. The minimum absolute atomic E-state index is 0.0175. The zero-order valence-corrected chi connectivity index (χ0v) is 14.0. The highest BCUT2D eigenvalue weighted by atomic mass is 79.9. The van der Waals surface area contributed by atoms with Gasteiger partial charge in [0, 0.05) is 29.2 Å². The fraction of sp³-hybridized carbons (Fsp3) is 0.133. The van der Waals surface area contributed by atoms with E-state index in [0.717, 1.165) is 10.0 Å². The van der Waals surface area contributed by atoms with E-state index in [1.807, 2.05) is 24.3 Å². The summed E-state index contributed by atoms with van der Waals surface area (Å²) in [5.41, 5.74) is 0.635. The molecule has 114 valence electrons. The van der Waals surface area contributed by atoms with Crippen LogP contribution in [-0.4, -0.2) is 22.8 Å². The van der Waals surface area contributed by atoms with Crippen LogP contribution in [-0.2, 0) is 6.54 Å². The standard InChI is InChI=1S/C15H12BrClN2O3/c1-18(9-10-4-2-3-5-13(10)16)15(20)12-7-6-11(17)8-14(12)19(21)22/h2-8H,9H2,1H3. The molecule has 2 rings (SSSR count). The Morgan fingerprint density at radius 3 is 2.64 bits per heavy atom. The molecule has 0 radical (unpaired) electrons. The van der Waals surface area contributed by atoms with Gasteiger partial charge in [0.2, 0.25) is 0 Å². The van der Waals surface area contributed by atoms with Gasteiger partial charge < -0.3 is 4.90 Å². The molecule has 0 atom stereocenters. The third-order valence-corrected chi connectivity index (χ3v) is 4.11. The highest BCUT2D eigenvalue weighted by molar-refractivity contribution is 9.10. The van der Waals surface area contributed by atoms with Crippen molar-refractivity contribution in [3.8, 4) is 0 Å². The molecule has 0 aliphatic rings. The minimum Gasteiger partial charge on any atom is -0.337 e. The van der Waals surface area contributed by atoms with Crippen molar-refractivity contribution < 1.29 is 9.72 Å². The zero-order chi connectivity index (χ0) is 16.3. The quantitative estimate of drug-likeness (QED) is 0.584. The number of halogens is 2. The van der Waals surface area contributed by atoms with Crippen molar-refractivity contribution in [1.82, 2.24) is 4.90 Å². The third-order valence-electron chi connectivity index (χ3n) is 3.10. The first-order valence-corrected chi connectivity index (χ1v) is 7.50. The summed E-state index contributed by atoms with van der Waals surface area (Å²) in [6.45, 7) is 0.333. The monoisotopic (exact) mass is 382 g/mol. The van der Waals surface area contributed by atoms with E-state index in [1.165, 1.54) is 23.1 Å². The van der Waals surface area contributed by atoms with Crippen LogP contribution < -0.4 is 0 Å². The van der Waals surface area contributed by atoms with Gasteiger partial charge in [-0.15, -0.1) is 0 Å². The number of carbonyl (C=O) groups is 1. The summed E-state index contributed by atoms with van der Waals surface area (Å²) in [6.07, 6.45) is 0. The number of hydrogen-bond donors (Lipinski definition) is 0. The molecule has 0 N–H and O–H groups in total. The average Bonchev–Trinajstić information content (AvgIpc) is 2.48. The summed E-state index contributed by atoms with van der Waals surface area (Å²) in [6, 6.07) is 11.5. The molecule has 0 saturated carbocycles. The van der Waals surface area contributed by atoms with E-state index < -0.39 is 10.8 Å². The predicted octanol–water partition coefficient (Wildman–Crippen LogP) is 4.28. The van der Waals surface area contributed by atoms with Gasteiger partial charge >= 0.3 is 0 Å². The van der Waals surface area contributed by atoms with Crippen LogP contribution in [0.2, 0.25) is 5.02 Å². The van der Waals surface area contributed by atoms with E-state index in [4.69, 9.17) is 11.6 Å². The van der Waals surface area contributed by atoms with E-state index >= 15 is 0 Å². The Kier molecular flexibility index (Phi) is 5.15. The van der Waals surface area contributed by atoms with Gasteiger partial charge in [-0.25, -0.2) is 0 Å². The zero-order valence-electron chi connectivity index (χ0n) is 11.6.